The number of nitrogens with zero attached hydrogens (tertiary/aromatic N) is 5. The van der Waals surface area contributed by atoms with E-state index in [9.17, 15) is 15.3 Å². The molecule has 6 nitrogen and oxygen atoms in total. The van der Waals surface area contributed by atoms with Crippen molar-refractivity contribution in [1.29, 1.82) is 10.5 Å². The van der Waals surface area contributed by atoms with Crippen molar-refractivity contribution in [2.75, 3.05) is 0 Å². The molecule has 4 aromatic rings. The summed E-state index contributed by atoms with van der Waals surface area (Å²) < 4.78 is 1.98. The zero-order valence-electron chi connectivity index (χ0n) is 15.6. The average Bonchev–Trinajstić information content (AvgIpc) is 3.52. The number of carbonyl (C=O) groups excluding carboxylic acids is 1. The number of ketones is 1. The maximum atomic E-state index is 13.0. The van der Waals surface area contributed by atoms with Gasteiger partial charge >= 0.3 is 0 Å². The van der Waals surface area contributed by atoms with E-state index in [2.05, 4.69) is 4.98 Å². The number of carbonyl (C=O) groups is 1. The summed E-state index contributed by atoms with van der Waals surface area (Å²) in [6.07, 6.45) is 3.50. The van der Waals surface area contributed by atoms with E-state index in [0.29, 0.717) is 22.3 Å². The second kappa shape index (κ2) is 6.89. The number of hydrogen-bond acceptors (Lipinski definition) is 7. The van der Waals surface area contributed by atoms with Gasteiger partial charge in [-0.2, -0.15) is 10.5 Å². The smallest absolute Gasteiger partial charge is 0.194 e. The normalized spacial score (nSPS) is 14.2. The summed E-state index contributed by atoms with van der Waals surface area (Å²) in [6.45, 7) is 0. The number of thiophene rings is 1. The summed E-state index contributed by atoms with van der Waals surface area (Å²) in [4.78, 5) is 23.7. The van der Waals surface area contributed by atoms with Crippen LogP contribution in [0.1, 0.15) is 20.8 Å². The Bertz CT molecular complexity index is 1470. The first-order valence-electron chi connectivity index (χ1n) is 8.89. The van der Waals surface area contributed by atoms with Crippen molar-refractivity contribution in [1.82, 2.24) is 14.5 Å². The molecule has 1 aromatic carbocycles. The molecule has 0 amide bonds. The van der Waals surface area contributed by atoms with Gasteiger partial charge < -0.3 is 4.57 Å². The summed E-state index contributed by atoms with van der Waals surface area (Å²) in [5.41, 5.74) is 2.76. The minimum absolute atomic E-state index is 0.0650. The zero-order valence-corrected chi connectivity index (χ0v) is 17.2. The molecule has 8 heteroatoms. The zero-order chi connectivity index (χ0) is 20.8. The lowest BCUT2D eigenvalue weighted by Gasteiger charge is -2.01. The second-order valence-electron chi connectivity index (χ2n) is 6.58. The van der Waals surface area contributed by atoms with E-state index in [1.807, 2.05) is 35.2 Å². The third-order valence-electron chi connectivity index (χ3n) is 4.94. The molecule has 0 aliphatic heterocycles. The van der Waals surface area contributed by atoms with Crippen LogP contribution in [0.4, 0.5) is 0 Å². The van der Waals surface area contributed by atoms with Gasteiger partial charge in [0.15, 0.2) is 16.6 Å². The van der Waals surface area contributed by atoms with Crippen LogP contribution in [0.2, 0.25) is 0 Å². The van der Waals surface area contributed by atoms with Crippen LogP contribution in [0.25, 0.3) is 32.8 Å². The number of benzene rings is 1. The molecule has 0 bridgehead atoms. The van der Waals surface area contributed by atoms with Gasteiger partial charge in [0.25, 0.3) is 0 Å². The fourth-order valence-corrected chi connectivity index (χ4v) is 5.24. The van der Waals surface area contributed by atoms with Gasteiger partial charge in [-0.3, -0.25) is 4.79 Å². The van der Waals surface area contributed by atoms with Crippen LogP contribution in [0, 0.1) is 22.7 Å². The van der Waals surface area contributed by atoms with Gasteiger partial charge in [0.2, 0.25) is 0 Å². The highest BCUT2D eigenvalue weighted by Crippen LogP contribution is 2.41. The van der Waals surface area contributed by atoms with Gasteiger partial charge in [-0.1, -0.05) is 24.3 Å². The Morgan fingerprint density at radius 2 is 1.97 bits per heavy atom. The molecule has 3 heterocycles. The molecule has 30 heavy (non-hydrogen) atoms. The molecule has 0 radical (unpaired) electrons. The highest BCUT2D eigenvalue weighted by molar-refractivity contribution is 7.19. The molecule has 1 aliphatic rings. The first-order chi connectivity index (χ1) is 14.6. The number of hydrogen-bond donors (Lipinski definition) is 0. The van der Waals surface area contributed by atoms with Crippen molar-refractivity contribution in [3.8, 4) is 23.0 Å². The van der Waals surface area contributed by atoms with Crippen molar-refractivity contribution in [3.05, 3.63) is 69.1 Å². The average molecular weight is 425 g/mol. The number of nitriles is 2. The summed E-state index contributed by atoms with van der Waals surface area (Å²) in [7, 11) is 1.93. The van der Waals surface area contributed by atoms with Crippen LogP contribution in [0.15, 0.2) is 53.1 Å². The van der Waals surface area contributed by atoms with Gasteiger partial charge in [-0.15, -0.1) is 22.7 Å². The first kappa shape index (κ1) is 18.2. The van der Waals surface area contributed by atoms with Crippen LogP contribution in [0.5, 0.6) is 0 Å². The lowest BCUT2D eigenvalue weighted by atomic mass is 9.99. The van der Waals surface area contributed by atoms with E-state index in [1.54, 1.807) is 36.5 Å². The molecule has 5 rings (SSSR count). The van der Waals surface area contributed by atoms with Gasteiger partial charge in [0.1, 0.15) is 22.5 Å². The Hall–Kier alpha value is -3.85. The van der Waals surface area contributed by atoms with Crippen LogP contribution in [-0.2, 0) is 7.05 Å². The molecule has 3 aromatic heterocycles. The van der Waals surface area contributed by atoms with Crippen LogP contribution in [-0.4, -0.2) is 20.3 Å². The topological polar surface area (TPSA) is 95.4 Å². The monoisotopic (exact) mass is 425 g/mol. The summed E-state index contributed by atoms with van der Waals surface area (Å²) in [5.74, 6) is 0.615. The molecular formula is C22H11N5OS2. The fourth-order valence-electron chi connectivity index (χ4n) is 3.58. The van der Waals surface area contributed by atoms with Crippen molar-refractivity contribution in [2.24, 2.45) is 7.05 Å². The number of fused-ring (bicyclic) bond motifs is 2. The quantitative estimate of drug-likeness (QED) is 0.338. The molecule has 0 fully saturated rings. The van der Waals surface area contributed by atoms with Crippen LogP contribution in [0.3, 0.4) is 0 Å². The van der Waals surface area contributed by atoms with Gasteiger partial charge in [-0.25, -0.2) is 9.97 Å². The van der Waals surface area contributed by atoms with E-state index in [-0.39, 0.29) is 11.4 Å². The standard InChI is InChI=1S/C22H11N5OS2/c1-27-17-9-13(30-21(17)26-20(27)22-25-6-7-29-22)8-16-18(12(10-23)11-24)14-4-2-3-5-15(14)19(16)28/h2-9H,1H3/b16-8-. The molecular weight excluding hydrogens is 414 g/mol. The summed E-state index contributed by atoms with van der Waals surface area (Å²) in [6, 6.07) is 12.9. The second-order valence-corrected chi connectivity index (χ2v) is 8.53. The van der Waals surface area contributed by atoms with Crippen molar-refractivity contribution in [3.63, 3.8) is 0 Å². The third kappa shape index (κ3) is 2.63. The Kier molecular flexibility index (Phi) is 4.18. The molecule has 0 unspecified atom stereocenters. The van der Waals surface area contributed by atoms with E-state index in [1.165, 1.54) is 22.7 Å². The third-order valence-corrected chi connectivity index (χ3v) is 6.67. The summed E-state index contributed by atoms with van der Waals surface area (Å²) >= 11 is 2.98. The minimum atomic E-state index is -0.183. The predicted octanol–water partition coefficient (Wildman–Crippen LogP) is 4.84. The number of aromatic nitrogens is 3. The molecule has 0 N–H and O–H groups in total. The maximum Gasteiger partial charge on any atom is 0.194 e. The SMILES string of the molecule is Cn1c(-c2nccs2)nc2sc(/C=C3\C(=O)c4ccccc4C3=C(C#N)C#N)cc21. The number of rotatable bonds is 2. The van der Waals surface area contributed by atoms with E-state index in [0.717, 1.165) is 26.1 Å². The number of Topliss-reactive ketones (excluding diaryl/α,β-unsaturated/α-hetero) is 1. The van der Waals surface area contributed by atoms with Gasteiger partial charge in [0, 0.05) is 40.2 Å². The Labute approximate surface area is 179 Å². The van der Waals surface area contributed by atoms with Gasteiger partial charge in [-0.05, 0) is 17.7 Å². The Morgan fingerprint density at radius 3 is 2.63 bits per heavy atom. The number of thiazole rings is 1. The van der Waals surface area contributed by atoms with Gasteiger partial charge in [0.05, 0.1) is 5.52 Å². The Balaban J connectivity index is 1.66. The minimum Gasteiger partial charge on any atom is -0.324 e. The summed E-state index contributed by atoms with van der Waals surface area (Å²) in [5, 5.41) is 21.6. The van der Waals surface area contributed by atoms with Crippen molar-refractivity contribution in [2.45, 2.75) is 0 Å². The molecule has 0 saturated heterocycles. The molecule has 142 valence electrons. The number of allylic oxidation sites excluding steroid dienone is 3. The predicted molar refractivity (Wildman–Crippen MR) is 117 cm³/mol. The molecule has 1 aliphatic carbocycles. The van der Waals surface area contributed by atoms with Crippen molar-refractivity contribution >= 4 is 50.5 Å². The van der Waals surface area contributed by atoms with Crippen LogP contribution >= 0.6 is 22.7 Å². The molecule has 0 atom stereocenters. The largest absolute Gasteiger partial charge is 0.324 e. The Morgan fingerprint density at radius 1 is 1.20 bits per heavy atom. The van der Waals surface area contributed by atoms with E-state index in [4.69, 9.17) is 4.98 Å². The lowest BCUT2D eigenvalue weighted by molar-refractivity contribution is 0.104. The lowest BCUT2D eigenvalue weighted by Crippen LogP contribution is -1.95. The fraction of sp³-hybridized carbons (Fsp3) is 0.0455. The van der Waals surface area contributed by atoms with Crippen LogP contribution < -0.4 is 0 Å². The van der Waals surface area contributed by atoms with E-state index < -0.39 is 0 Å². The first-order valence-corrected chi connectivity index (χ1v) is 10.6. The number of aryl methyl sites for hydroxylation is 1. The molecule has 0 saturated carbocycles. The highest BCUT2D eigenvalue weighted by atomic mass is 32.1. The number of imidazole rings is 1. The van der Waals surface area contributed by atoms with Crippen molar-refractivity contribution < 1.29 is 4.79 Å². The maximum absolute atomic E-state index is 13.0. The van der Waals surface area contributed by atoms with E-state index >= 15 is 0 Å². The highest BCUT2D eigenvalue weighted by Gasteiger charge is 2.32. The molecule has 0 spiro atoms.